The van der Waals surface area contributed by atoms with E-state index in [-0.39, 0.29) is 5.41 Å². The third-order valence-corrected chi connectivity index (χ3v) is 4.77. The molecule has 0 spiro atoms. The average molecular weight is 262 g/mol. The molecule has 1 aliphatic rings. The van der Waals surface area contributed by atoms with Gasteiger partial charge in [0.2, 0.25) is 0 Å². The van der Waals surface area contributed by atoms with Gasteiger partial charge in [0.05, 0.1) is 6.10 Å². The second-order valence-corrected chi connectivity index (χ2v) is 5.76. The van der Waals surface area contributed by atoms with Crippen molar-refractivity contribution in [3.05, 3.63) is 30.1 Å². The molecule has 1 saturated carbocycles. The zero-order chi connectivity index (χ0) is 13.9. The van der Waals surface area contributed by atoms with Crippen LogP contribution in [0.5, 0.6) is 0 Å². The first kappa shape index (κ1) is 14.5. The van der Waals surface area contributed by atoms with E-state index in [0.717, 1.165) is 19.4 Å². The minimum absolute atomic E-state index is 0.261. The molecule has 106 valence electrons. The van der Waals surface area contributed by atoms with Crippen molar-refractivity contribution in [2.75, 3.05) is 6.61 Å². The Hall–Kier alpha value is -0.930. The van der Waals surface area contributed by atoms with Gasteiger partial charge in [0, 0.05) is 36.5 Å². The van der Waals surface area contributed by atoms with E-state index in [1.54, 1.807) is 0 Å². The molecule has 3 unspecified atom stereocenters. The summed E-state index contributed by atoms with van der Waals surface area (Å²) in [6, 6.07) is 5.07. The maximum atomic E-state index is 5.85. The van der Waals surface area contributed by atoms with Crippen LogP contribution in [0.3, 0.4) is 0 Å². The Bertz CT molecular complexity index is 395. The topological polar surface area (TPSA) is 34.1 Å². The second kappa shape index (κ2) is 6.02. The van der Waals surface area contributed by atoms with Crippen LogP contribution in [0.1, 0.15) is 52.1 Å². The van der Waals surface area contributed by atoms with E-state index in [1.165, 1.54) is 5.56 Å². The van der Waals surface area contributed by atoms with Crippen LogP contribution in [0.15, 0.2) is 24.5 Å². The van der Waals surface area contributed by atoms with Crippen molar-refractivity contribution in [3.63, 3.8) is 0 Å². The third-order valence-electron chi connectivity index (χ3n) is 4.77. The van der Waals surface area contributed by atoms with Crippen molar-refractivity contribution in [1.29, 1.82) is 0 Å². The van der Waals surface area contributed by atoms with E-state index in [2.05, 4.69) is 50.1 Å². The molecule has 1 heterocycles. The molecule has 0 radical (unpaired) electrons. The van der Waals surface area contributed by atoms with Gasteiger partial charge in [0.1, 0.15) is 0 Å². The highest BCUT2D eigenvalue weighted by atomic mass is 16.5. The molecule has 0 aromatic carbocycles. The highest BCUT2D eigenvalue weighted by Crippen LogP contribution is 2.46. The molecule has 3 nitrogen and oxygen atoms in total. The molecule has 0 amide bonds. The number of aromatic nitrogens is 1. The van der Waals surface area contributed by atoms with Gasteiger partial charge in [-0.2, -0.15) is 0 Å². The Morgan fingerprint density at radius 2 is 2.11 bits per heavy atom. The maximum absolute atomic E-state index is 5.85. The molecule has 0 aliphatic heterocycles. The number of nitrogens with zero attached hydrogens (tertiary/aromatic N) is 1. The minimum Gasteiger partial charge on any atom is -0.378 e. The number of pyridine rings is 1. The van der Waals surface area contributed by atoms with Crippen LogP contribution in [-0.4, -0.2) is 23.7 Å². The molecule has 1 fully saturated rings. The minimum atomic E-state index is 0.261. The lowest BCUT2D eigenvalue weighted by molar-refractivity contribution is -0.127. The summed E-state index contributed by atoms with van der Waals surface area (Å²) in [6.07, 6.45) is 6.39. The fourth-order valence-electron chi connectivity index (χ4n) is 3.06. The second-order valence-electron chi connectivity index (χ2n) is 5.76. The van der Waals surface area contributed by atoms with Crippen molar-refractivity contribution in [3.8, 4) is 0 Å². The first-order valence-electron chi connectivity index (χ1n) is 7.39. The van der Waals surface area contributed by atoms with Crippen LogP contribution >= 0.6 is 0 Å². The van der Waals surface area contributed by atoms with Gasteiger partial charge in [0.25, 0.3) is 0 Å². The van der Waals surface area contributed by atoms with Crippen molar-refractivity contribution < 1.29 is 4.74 Å². The van der Waals surface area contributed by atoms with E-state index >= 15 is 0 Å². The van der Waals surface area contributed by atoms with Crippen molar-refractivity contribution >= 4 is 0 Å². The summed E-state index contributed by atoms with van der Waals surface area (Å²) in [5.74, 6) is 0. The van der Waals surface area contributed by atoms with E-state index in [9.17, 15) is 0 Å². The van der Waals surface area contributed by atoms with Gasteiger partial charge in [-0.05, 0) is 44.4 Å². The van der Waals surface area contributed by atoms with E-state index in [4.69, 9.17) is 4.74 Å². The molecule has 1 aliphatic carbocycles. The number of ether oxygens (including phenoxy) is 1. The average Bonchev–Trinajstić information content (AvgIpc) is 2.46. The van der Waals surface area contributed by atoms with Crippen molar-refractivity contribution in [2.45, 2.75) is 58.7 Å². The molecule has 4 atom stereocenters. The van der Waals surface area contributed by atoms with Gasteiger partial charge in [-0.25, -0.2) is 0 Å². The lowest BCUT2D eigenvalue weighted by Gasteiger charge is -2.54. The van der Waals surface area contributed by atoms with Gasteiger partial charge >= 0.3 is 0 Å². The Labute approximate surface area is 116 Å². The first-order valence-corrected chi connectivity index (χ1v) is 7.39. The summed E-state index contributed by atoms with van der Waals surface area (Å²) in [5.41, 5.74) is 1.56. The van der Waals surface area contributed by atoms with E-state index < -0.39 is 0 Å². The zero-order valence-electron chi connectivity index (χ0n) is 12.5. The predicted molar refractivity (Wildman–Crippen MR) is 78.0 cm³/mol. The summed E-state index contributed by atoms with van der Waals surface area (Å²) in [6.45, 7) is 9.72. The van der Waals surface area contributed by atoms with Gasteiger partial charge in [0.15, 0.2) is 0 Å². The van der Waals surface area contributed by atoms with Crippen LogP contribution in [0.2, 0.25) is 0 Å². The predicted octanol–water partition coefficient (Wildman–Crippen LogP) is 3.33. The quantitative estimate of drug-likeness (QED) is 0.854. The molecule has 19 heavy (non-hydrogen) atoms. The normalized spacial score (nSPS) is 31.8. The molecule has 0 bridgehead atoms. The number of rotatable bonds is 6. The highest BCUT2D eigenvalue weighted by molar-refractivity contribution is 5.16. The fraction of sp³-hybridized carbons (Fsp3) is 0.688. The molecule has 1 aromatic rings. The summed E-state index contributed by atoms with van der Waals surface area (Å²) in [5, 5.41) is 3.75. The molecule has 1 aromatic heterocycles. The lowest BCUT2D eigenvalue weighted by Crippen LogP contribution is -2.62. The molecule has 1 N–H and O–H groups in total. The molecule has 0 saturated heterocycles. The SMILES string of the molecule is CCOC1CC(N[C@H](C)c2ccncc2)C1(C)CC. The number of nitrogens with one attached hydrogen (secondary N) is 1. The van der Waals surface area contributed by atoms with Crippen LogP contribution in [0.25, 0.3) is 0 Å². The third kappa shape index (κ3) is 2.82. The maximum Gasteiger partial charge on any atom is 0.0658 e. The van der Waals surface area contributed by atoms with Crippen LogP contribution < -0.4 is 5.32 Å². The summed E-state index contributed by atoms with van der Waals surface area (Å²) >= 11 is 0. The molecule has 3 heteroatoms. The molecular weight excluding hydrogens is 236 g/mol. The van der Waals surface area contributed by atoms with Crippen molar-refractivity contribution in [2.24, 2.45) is 5.41 Å². The van der Waals surface area contributed by atoms with E-state index in [1.807, 2.05) is 12.4 Å². The Morgan fingerprint density at radius 1 is 1.42 bits per heavy atom. The largest absolute Gasteiger partial charge is 0.378 e. The van der Waals surface area contributed by atoms with Gasteiger partial charge < -0.3 is 10.1 Å². The summed E-state index contributed by atoms with van der Waals surface area (Å²) < 4.78 is 5.85. The zero-order valence-corrected chi connectivity index (χ0v) is 12.5. The monoisotopic (exact) mass is 262 g/mol. The summed E-state index contributed by atoms with van der Waals surface area (Å²) in [4.78, 5) is 4.07. The Balaban J connectivity index is 1.97. The van der Waals surface area contributed by atoms with Gasteiger partial charge in [-0.15, -0.1) is 0 Å². The van der Waals surface area contributed by atoms with Crippen molar-refractivity contribution in [1.82, 2.24) is 10.3 Å². The van der Waals surface area contributed by atoms with Crippen LogP contribution in [-0.2, 0) is 4.74 Å². The Kier molecular flexibility index (Phi) is 4.58. The molecule has 2 rings (SSSR count). The number of hydrogen-bond donors (Lipinski definition) is 1. The van der Waals surface area contributed by atoms with Gasteiger partial charge in [-0.3, -0.25) is 4.98 Å². The first-order chi connectivity index (χ1) is 9.11. The van der Waals surface area contributed by atoms with Crippen LogP contribution in [0, 0.1) is 5.41 Å². The standard InChI is InChI=1S/C16H26N2O/c1-5-16(4)14(11-15(16)19-6-2)18-12(3)13-7-9-17-10-8-13/h7-10,12,14-15,18H,5-6,11H2,1-4H3/t12-,14?,15?,16?/m1/s1. The summed E-state index contributed by atoms with van der Waals surface area (Å²) in [7, 11) is 0. The van der Waals surface area contributed by atoms with E-state index in [0.29, 0.717) is 18.2 Å². The number of hydrogen-bond acceptors (Lipinski definition) is 3. The fourth-order valence-corrected chi connectivity index (χ4v) is 3.06. The highest BCUT2D eigenvalue weighted by Gasteiger charge is 2.51. The Morgan fingerprint density at radius 3 is 2.68 bits per heavy atom. The smallest absolute Gasteiger partial charge is 0.0658 e. The van der Waals surface area contributed by atoms with Gasteiger partial charge in [-0.1, -0.05) is 13.8 Å². The molecular formula is C16H26N2O. The van der Waals surface area contributed by atoms with Crippen LogP contribution in [0.4, 0.5) is 0 Å². The lowest BCUT2D eigenvalue weighted by atomic mass is 9.61.